The molecule has 1 rings (SSSR count). The molecule has 0 radical (unpaired) electrons. The van der Waals surface area contributed by atoms with Gasteiger partial charge in [0.1, 0.15) is 0 Å². The summed E-state index contributed by atoms with van der Waals surface area (Å²) in [7, 11) is 0. The van der Waals surface area contributed by atoms with Crippen molar-refractivity contribution >= 4 is 5.71 Å². The number of aromatic nitrogens is 1. The average molecular weight is 222 g/mol. The summed E-state index contributed by atoms with van der Waals surface area (Å²) in [5.74, 6) is 0. The van der Waals surface area contributed by atoms with Crippen LogP contribution in [0.3, 0.4) is 0 Å². The van der Waals surface area contributed by atoms with Gasteiger partial charge in [0, 0.05) is 37.7 Å². The van der Waals surface area contributed by atoms with Gasteiger partial charge in [-0.15, -0.1) is 0 Å². The first kappa shape index (κ1) is 12.8. The van der Waals surface area contributed by atoms with Gasteiger partial charge < -0.3 is 14.9 Å². The number of nitrogens with zero attached hydrogens (tertiary/aromatic N) is 1. The number of hydrogen-bond acceptors (Lipinski definition) is 4. The van der Waals surface area contributed by atoms with Crippen LogP contribution in [0, 0.1) is 5.41 Å². The van der Waals surface area contributed by atoms with Crippen LogP contribution in [-0.2, 0) is 9.47 Å². The number of pyridine rings is 1. The van der Waals surface area contributed by atoms with Gasteiger partial charge in [0.15, 0.2) is 6.29 Å². The summed E-state index contributed by atoms with van der Waals surface area (Å²) < 4.78 is 10.8. The zero-order valence-corrected chi connectivity index (χ0v) is 9.77. The molecule has 16 heavy (non-hydrogen) atoms. The van der Waals surface area contributed by atoms with E-state index in [9.17, 15) is 0 Å². The molecule has 1 aromatic heterocycles. The summed E-state index contributed by atoms with van der Waals surface area (Å²) in [6.45, 7) is 5.02. The number of nitrogens with one attached hydrogen (secondary N) is 1. The van der Waals surface area contributed by atoms with Gasteiger partial charge in [0.05, 0.1) is 0 Å². The number of hydrogen-bond donors (Lipinski definition) is 1. The third-order valence-electron chi connectivity index (χ3n) is 2.10. The first-order valence-corrected chi connectivity index (χ1v) is 5.49. The lowest BCUT2D eigenvalue weighted by Crippen LogP contribution is -2.21. The molecule has 1 N–H and O–H groups in total. The highest BCUT2D eigenvalue weighted by atomic mass is 16.7. The molecule has 0 aliphatic rings. The van der Waals surface area contributed by atoms with Crippen molar-refractivity contribution in [3.63, 3.8) is 0 Å². The maximum absolute atomic E-state index is 7.93. The molecule has 0 fully saturated rings. The third kappa shape index (κ3) is 4.08. The Labute approximate surface area is 96.1 Å². The SMILES string of the molecule is CCOC(CC(=N)c1ccncc1)OCC. The minimum atomic E-state index is -0.323. The van der Waals surface area contributed by atoms with Gasteiger partial charge in [0.25, 0.3) is 0 Å². The monoisotopic (exact) mass is 222 g/mol. The highest BCUT2D eigenvalue weighted by Gasteiger charge is 2.12. The lowest BCUT2D eigenvalue weighted by Gasteiger charge is -2.17. The molecular weight excluding hydrogens is 204 g/mol. The summed E-state index contributed by atoms with van der Waals surface area (Å²) in [4.78, 5) is 3.92. The van der Waals surface area contributed by atoms with Gasteiger partial charge >= 0.3 is 0 Å². The van der Waals surface area contributed by atoms with Crippen molar-refractivity contribution in [3.05, 3.63) is 30.1 Å². The molecule has 0 aliphatic carbocycles. The van der Waals surface area contributed by atoms with E-state index in [1.807, 2.05) is 26.0 Å². The summed E-state index contributed by atoms with van der Waals surface area (Å²) in [5.41, 5.74) is 1.37. The molecule has 4 heteroatoms. The van der Waals surface area contributed by atoms with Crippen LogP contribution in [0.25, 0.3) is 0 Å². The van der Waals surface area contributed by atoms with Crippen molar-refractivity contribution in [1.82, 2.24) is 4.98 Å². The van der Waals surface area contributed by atoms with Crippen molar-refractivity contribution in [2.75, 3.05) is 13.2 Å². The molecule has 0 amide bonds. The Hall–Kier alpha value is -1.26. The van der Waals surface area contributed by atoms with Gasteiger partial charge in [-0.3, -0.25) is 4.98 Å². The zero-order chi connectivity index (χ0) is 11.8. The van der Waals surface area contributed by atoms with Crippen LogP contribution in [0.15, 0.2) is 24.5 Å². The van der Waals surface area contributed by atoms with Crippen LogP contribution >= 0.6 is 0 Å². The minimum absolute atomic E-state index is 0.323. The highest BCUT2D eigenvalue weighted by molar-refractivity contribution is 5.98. The van der Waals surface area contributed by atoms with Crippen LogP contribution < -0.4 is 0 Å². The predicted octanol–water partition coefficient (Wildman–Crippen LogP) is 2.24. The molecule has 0 aliphatic heterocycles. The summed E-state index contributed by atoms with van der Waals surface area (Å²) >= 11 is 0. The second kappa shape index (κ2) is 7.09. The van der Waals surface area contributed by atoms with E-state index in [0.717, 1.165) is 5.56 Å². The Kier molecular flexibility index (Phi) is 5.67. The molecule has 0 aromatic carbocycles. The molecule has 0 saturated carbocycles. The third-order valence-corrected chi connectivity index (χ3v) is 2.10. The molecule has 0 bridgehead atoms. The topological polar surface area (TPSA) is 55.2 Å². The molecule has 1 aromatic rings. The van der Waals surface area contributed by atoms with Crippen molar-refractivity contribution < 1.29 is 9.47 Å². The Bertz CT molecular complexity index is 308. The normalized spacial score (nSPS) is 10.7. The summed E-state index contributed by atoms with van der Waals surface area (Å²) in [6, 6.07) is 3.63. The van der Waals surface area contributed by atoms with Crippen LogP contribution in [-0.4, -0.2) is 30.2 Å². The largest absolute Gasteiger partial charge is 0.353 e. The lowest BCUT2D eigenvalue weighted by molar-refractivity contribution is -0.130. The minimum Gasteiger partial charge on any atom is -0.353 e. The lowest BCUT2D eigenvalue weighted by atomic mass is 10.1. The number of rotatable bonds is 7. The molecule has 0 spiro atoms. The van der Waals surface area contributed by atoms with Gasteiger partial charge in [-0.25, -0.2) is 0 Å². The maximum Gasteiger partial charge on any atom is 0.163 e. The Morgan fingerprint density at radius 1 is 1.25 bits per heavy atom. The van der Waals surface area contributed by atoms with Crippen molar-refractivity contribution in [2.24, 2.45) is 0 Å². The maximum atomic E-state index is 7.93. The standard InChI is InChI=1S/C12H18N2O2/c1-3-15-12(16-4-2)9-11(13)10-5-7-14-8-6-10/h5-8,12-13H,3-4,9H2,1-2H3. The van der Waals surface area contributed by atoms with Gasteiger partial charge in [-0.1, -0.05) is 0 Å². The summed E-state index contributed by atoms with van der Waals surface area (Å²) in [5, 5.41) is 7.93. The second-order valence-corrected chi connectivity index (χ2v) is 3.26. The Morgan fingerprint density at radius 3 is 2.31 bits per heavy atom. The molecular formula is C12H18N2O2. The van der Waals surface area contributed by atoms with Crippen molar-refractivity contribution in [3.8, 4) is 0 Å². The van der Waals surface area contributed by atoms with E-state index < -0.39 is 0 Å². The van der Waals surface area contributed by atoms with Gasteiger partial charge in [-0.05, 0) is 31.5 Å². The van der Waals surface area contributed by atoms with E-state index in [1.165, 1.54) is 0 Å². The molecule has 88 valence electrons. The average Bonchev–Trinajstić information content (AvgIpc) is 2.31. The predicted molar refractivity (Wildman–Crippen MR) is 62.7 cm³/mol. The van der Waals surface area contributed by atoms with Gasteiger partial charge in [-0.2, -0.15) is 0 Å². The fourth-order valence-corrected chi connectivity index (χ4v) is 1.38. The zero-order valence-electron chi connectivity index (χ0n) is 9.77. The first-order valence-electron chi connectivity index (χ1n) is 5.49. The van der Waals surface area contributed by atoms with E-state index in [-0.39, 0.29) is 6.29 Å². The van der Waals surface area contributed by atoms with E-state index in [2.05, 4.69) is 4.98 Å². The molecule has 1 heterocycles. The van der Waals surface area contributed by atoms with Crippen LogP contribution in [0.1, 0.15) is 25.8 Å². The molecule has 0 unspecified atom stereocenters. The first-order chi connectivity index (χ1) is 7.77. The molecule has 0 saturated heterocycles. The van der Waals surface area contributed by atoms with E-state index in [4.69, 9.17) is 14.9 Å². The molecule has 4 nitrogen and oxygen atoms in total. The van der Waals surface area contributed by atoms with E-state index in [1.54, 1.807) is 12.4 Å². The van der Waals surface area contributed by atoms with E-state index >= 15 is 0 Å². The van der Waals surface area contributed by atoms with Crippen LogP contribution in [0.2, 0.25) is 0 Å². The fourth-order valence-electron chi connectivity index (χ4n) is 1.38. The summed E-state index contributed by atoms with van der Waals surface area (Å²) in [6.07, 6.45) is 3.50. The second-order valence-electron chi connectivity index (χ2n) is 3.26. The van der Waals surface area contributed by atoms with E-state index in [0.29, 0.717) is 25.3 Å². The number of ether oxygens (including phenoxy) is 2. The van der Waals surface area contributed by atoms with Crippen LogP contribution in [0.5, 0.6) is 0 Å². The Morgan fingerprint density at radius 2 is 1.81 bits per heavy atom. The molecule has 0 atom stereocenters. The fraction of sp³-hybridized carbons (Fsp3) is 0.500. The highest BCUT2D eigenvalue weighted by Crippen LogP contribution is 2.08. The van der Waals surface area contributed by atoms with Crippen molar-refractivity contribution in [2.45, 2.75) is 26.6 Å². The van der Waals surface area contributed by atoms with Crippen LogP contribution in [0.4, 0.5) is 0 Å². The van der Waals surface area contributed by atoms with Crippen molar-refractivity contribution in [1.29, 1.82) is 5.41 Å². The Balaban J connectivity index is 2.54. The van der Waals surface area contributed by atoms with Gasteiger partial charge in [0.2, 0.25) is 0 Å². The quantitative estimate of drug-likeness (QED) is 0.568. The smallest absolute Gasteiger partial charge is 0.163 e.